The fourth-order valence-electron chi connectivity index (χ4n) is 2.33. The first kappa shape index (κ1) is 17.4. The molecule has 1 unspecified atom stereocenters. The Balaban J connectivity index is 4.17. The van der Waals surface area contributed by atoms with Gasteiger partial charge in [-0.2, -0.15) is 0 Å². The largest absolute Gasteiger partial charge is 0.395 e. The van der Waals surface area contributed by atoms with E-state index in [2.05, 4.69) is 6.92 Å². The zero-order chi connectivity index (χ0) is 14.0. The molecule has 0 heterocycles. The average Bonchev–Trinajstić information content (AvgIpc) is 2.32. The average molecular weight is 258 g/mol. The molecule has 0 radical (unpaired) electrons. The van der Waals surface area contributed by atoms with Gasteiger partial charge in [-0.15, -0.1) is 0 Å². The molecule has 0 saturated carbocycles. The van der Waals surface area contributed by atoms with Crippen molar-refractivity contribution in [1.82, 2.24) is 4.90 Å². The molecule has 4 heteroatoms. The van der Waals surface area contributed by atoms with Crippen LogP contribution >= 0.6 is 0 Å². The molecule has 0 aliphatic carbocycles. The van der Waals surface area contributed by atoms with Gasteiger partial charge >= 0.3 is 0 Å². The Morgan fingerprint density at radius 1 is 1.28 bits per heavy atom. The summed E-state index contributed by atoms with van der Waals surface area (Å²) in [6.45, 7) is 7.30. The third kappa shape index (κ3) is 6.97. The van der Waals surface area contributed by atoms with Crippen LogP contribution in [0, 0.1) is 5.92 Å². The van der Waals surface area contributed by atoms with E-state index in [1.54, 1.807) is 4.90 Å². The quantitative estimate of drug-likeness (QED) is 0.627. The van der Waals surface area contributed by atoms with Crippen LogP contribution in [0.15, 0.2) is 0 Å². The van der Waals surface area contributed by atoms with Crippen LogP contribution in [-0.2, 0) is 4.79 Å². The summed E-state index contributed by atoms with van der Waals surface area (Å²) >= 11 is 0. The van der Waals surface area contributed by atoms with Gasteiger partial charge in [0.15, 0.2) is 0 Å². The van der Waals surface area contributed by atoms with E-state index in [1.807, 2.05) is 13.8 Å². The van der Waals surface area contributed by atoms with Gasteiger partial charge in [-0.1, -0.05) is 19.8 Å². The zero-order valence-corrected chi connectivity index (χ0v) is 12.2. The Kier molecular flexibility index (Phi) is 9.98. The number of hydrogen-bond acceptors (Lipinski definition) is 3. The molecule has 0 aliphatic heterocycles. The molecule has 0 saturated heterocycles. The zero-order valence-electron chi connectivity index (χ0n) is 12.2. The Morgan fingerprint density at radius 2 is 1.94 bits per heavy atom. The minimum atomic E-state index is 0.0328. The maximum absolute atomic E-state index is 12.1. The van der Waals surface area contributed by atoms with Crippen LogP contribution in [-0.4, -0.2) is 41.7 Å². The van der Waals surface area contributed by atoms with Crippen molar-refractivity contribution in [3.63, 3.8) is 0 Å². The molecule has 4 nitrogen and oxygen atoms in total. The maximum atomic E-state index is 12.1. The van der Waals surface area contributed by atoms with E-state index in [-0.39, 0.29) is 18.6 Å². The highest BCUT2D eigenvalue weighted by Gasteiger charge is 2.17. The summed E-state index contributed by atoms with van der Waals surface area (Å²) < 4.78 is 0. The predicted octanol–water partition coefficient (Wildman–Crippen LogP) is 1.76. The van der Waals surface area contributed by atoms with Crippen LogP contribution in [0.4, 0.5) is 0 Å². The number of carbonyl (C=O) groups excluding carboxylic acids is 1. The lowest BCUT2D eigenvalue weighted by molar-refractivity contribution is -0.133. The topological polar surface area (TPSA) is 66.6 Å². The van der Waals surface area contributed by atoms with Crippen molar-refractivity contribution < 1.29 is 9.90 Å². The molecule has 0 fully saturated rings. The van der Waals surface area contributed by atoms with Crippen molar-refractivity contribution in [2.24, 2.45) is 11.7 Å². The summed E-state index contributed by atoms with van der Waals surface area (Å²) in [5.74, 6) is 0.712. The number of hydrogen-bond donors (Lipinski definition) is 2. The van der Waals surface area contributed by atoms with Gasteiger partial charge in [0.2, 0.25) is 5.91 Å². The summed E-state index contributed by atoms with van der Waals surface area (Å²) in [6.07, 6.45) is 4.78. The van der Waals surface area contributed by atoms with Gasteiger partial charge in [0, 0.05) is 19.0 Å². The highest BCUT2D eigenvalue weighted by Crippen LogP contribution is 2.18. The van der Waals surface area contributed by atoms with Crippen LogP contribution in [0.25, 0.3) is 0 Å². The molecule has 108 valence electrons. The Hall–Kier alpha value is -0.610. The third-order valence-corrected chi connectivity index (χ3v) is 3.32. The number of rotatable bonds is 10. The first-order valence-electron chi connectivity index (χ1n) is 7.17. The molecule has 0 aliphatic rings. The lowest BCUT2D eigenvalue weighted by Crippen LogP contribution is -2.39. The van der Waals surface area contributed by atoms with Gasteiger partial charge in [0.25, 0.3) is 0 Å². The summed E-state index contributed by atoms with van der Waals surface area (Å²) in [6, 6.07) is 0.156. The molecule has 1 atom stereocenters. The molecule has 18 heavy (non-hydrogen) atoms. The summed E-state index contributed by atoms with van der Waals surface area (Å²) in [7, 11) is 0. The van der Waals surface area contributed by atoms with Crippen LogP contribution in [0.5, 0.6) is 0 Å². The molecule has 3 N–H and O–H groups in total. The molecular formula is C14H30N2O2. The normalized spacial score (nSPS) is 12.8. The molecule has 1 amide bonds. The Labute approximate surface area is 112 Å². The molecular weight excluding hydrogens is 228 g/mol. The molecule has 0 bridgehead atoms. The van der Waals surface area contributed by atoms with Crippen molar-refractivity contribution in [1.29, 1.82) is 0 Å². The van der Waals surface area contributed by atoms with E-state index in [0.29, 0.717) is 25.4 Å². The fraction of sp³-hybridized carbons (Fsp3) is 0.929. The molecule has 0 aromatic heterocycles. The van der Waals surface area contributed by atoms with Gasteiger partial charge in [-0.05, 0) is 39.2 Å². The van der Waals surface area contributed by atoms with Gasteiger partial charge in [-0.25, -0.2) is 0 Å². The second kappa shape index (κ2) is 10.3. The summed E-state index contributed by atoms with van der Waals surface area (Å²) in [5.41, 5.74) is 5.59. The van der Waals surface area contributed by atoms with Crippen molar-refractivity contribution in [3.8, 4) is 0 Å². The van der Waals surface area contributed by atoms with E-state index in [9.17, 15) is 4.79 Å². The minimum absolute atomic E-state index is 0.0328. The van der Waals surface area contributed by atoms with Gasteiger partial charge in [0.1, 0.15) is 0 Å². The number of amides is 1. The van der Waals surface area contributed by atoms with Crippen LogP contribution in [0.1, 0.15) is 52.9 Å². The van der Waals surface area contributed by atoms with Crippen molar-refractivity contribution >= 4 is 5.91 Å². The minimum Gasteiger partial charge on any atom is -0.395 e. The third-order valence-electron chi connectivity index (χ3n) is 3.32. The molecule has 0 aromatic carbocycles. The van der Waals surface area contributed by atoms with Crippen molar-refractivity contribution in [2.75, 3.05) is 19.7 Å². The number of nitrogens with zero attached hydrogens (tertiary/aromatic N) is 1. The highest BCUT2D eigenvalue weighted by molar-refractivity contribution is 5.76. The van der Waals surface area contributed by atoms with E-state index in [0.717, 1.165) is 25.7 Å². The second-order valence-electron chi connectivity index (χ2n) is 5.18. The lowest BCUT2D eigenvalue weighted by Gasteiger charge is -2.26. The summed E-state index contributed by atoms with van der Waals surface area (Å²) in [4.78, 5) is 13.8. The van der Waals surface area contributed by atoms with Gasteiger partial charge in [-0.3, -0.25) is 4.79 Å². The van der Waals surface area contributed by atoms with Crippen LogP contribution in [0.2, 0.25) is 0 Å². The van der Waals surface area contributed by atoms with E-state index < -0.39 is 0 Å². The van der Waals surface area contributed by atoms with Gasteiger partial charge in [0.05, 0.1) is 6.61 Å². The number of nitrogens with two attached hydrogens (primary N) is 1. The number of aliphatic hydroxyl groups excluding tert-OH is 1. The van der Waals surface area contributed by atoms with Gasteiger partial charge < -0.3 is 15.7 Å². The van der Waals surface area contributed by atoms with E-state index >= 15 is 0 Å². The van der Waals surface area contributed by atoms with Crippen molar-refractivity contribution in [2.45, 2.75) is 58.9 Å². The fourth-order valence-corrected chi connectivity index (χ4v) is 2.33. The van der Waals surface area contributed by atoms with Crippen LogP contribution in [0.3, 0.4) is 0 Å². The van der Waals surface area contributed by atoms with Crippen LogP contribution < -0.4 is 5.73 Å². The SMILES string of the molecule is CCCC(CCN)CCC(=O)N(CCO)C(C)C. The molecule has 0 spiro atoms. The Morgan fingerprint density at radius 3 is 2.39 bits per heavy atom. The smallest absolute Gasteiger partial charge is 0.222 e. The highest BCUT2D eigenvalue weighted by atomic mass is 16.3. The molecule has 0 aromatic rings. The van der Waals surface area contributed by atoms with E-state index in [4.69, 9.17) is 10.8 Å². The predicted molar refractivity (Wildman–Crippen MR) is 75.2 cm³/mol. The number of carbonyl (C=O) groups is 1. The standard InChI is InChI=1S/C14H30N2O2/c1-4-5-13(8-9-15)6-7-14(18)16(10-11-17)12(2)3/h12-13,17H,4-11,15H2,1-3H3. The number of aliphatic hydroxyl groups is 1. The first-order valence-corrected chi connectivity index (χ1v) is 7.17. The monoisotopic (exact) mass is 258 g/mol. The lowest BCUT2D eigenvalue weighted by atomic mass is 9.94. The summed E-state index contributed by atoms with van der Waals surface area (Å²) in [5, 5.41) is 8.97. The van der Waals surface area contributed by atoms with E-state index in [1.165, 1.54) is 0 Å². The second-order valence-corrected chi connectivity index (χ2v) is 5.18. The maximum Gasteiger partial charge on any atom is 0.222 e. The Bertz CT molecular complexity index is 214. The van der Waals surface area contributed by atoms with Crippen molar-refractivity contribution in [3.05, 3.63) is 0 Å². The molecule has 0 rings (SSSR count). The first-order chi connectivity index (χ1) is 8.56.